The van der Waals surface area contributed by atoms with Gasteiger partial charge in [-0.3, -0.25) is 0 Å². The molecular formula is C14H15N3O5. The summed E-state index contributed by atoms with van der Waals surface area (Å²) in [5, 5.41) is 11.9. The number of rotatable bonds is 4. The van der Waals surface area contributed by atoms with Gasteiger partial charge in [-0.1, -0.05) is 18.2 Å². The average molecular weight is 305 g/mol. The minimum Gasteiger partial charge on any atom is -0.510 e. The number of nitrogens with zero attached hydrogens (tertiary/aromatic N) is 2. The van der Waals surface area contributed by atoms with Crippen molar-refractivity contribution in [2.24, 2.45) is 0 Å². The maximum absolute atomic E-state index is 12.4. The third kappa shape index (κ3) is 2.71. The van der Waals surface area contributed by atoms with Crippen LogP contribution in [0.3, 0.4) is 0 Å². The van der Waals surface area contributed by atoms with Crippen molar-refractivity contribution in [3.63, 3.8) is 0 Å². The first-order valence-electron chi connectivity index (χ1n) is 6.54. The van der Waals surface area contributed by atoms with E-state index in [9.17, 15) is 19.5 Å². The molecule has 0 aliphatic heterocycles. The summed E-state index contributed by atoms with van der Waals surface area (Å²) in [7, 11) is 0. The molecule has 0 atom stereocenters. The first kappa shape index (κ1) is 15.4. The zero-order valence-electron chi connectivity index (χ0n) is 12.1. The van der Waals surface area contributed by atoms with Gasteiger partial charge in [0.25, 0.3) is 0 Å². The van der Waals surface area contributed by atoms with Gasteiger partial charge in [0.2, 0.25) is 0 Å². The fourth-order valence-corrected chi connectivity index (χ4v) is 1.94. The van der Waals surface area contributed by atoms with Crippen LogP contribution in [0, 0.1) is 0 Å². The lowest BCUT2D eigenvalue weighted by Crippen LogP contribution is -2.29. The Morgan fingerprint density at radius 2 is 1.91 bits per heavy atom. The molecule has 2 rings (SSSR count). The zero-order valence-corrected chi connectivity index (χ0v) is 12.1. The molecule has 1 heterocycles. The molecule has 1 aromatic carbocycles. The van der Waals surface area contributed by atoms with Crippen molar-refractivity contribution >= 4 is 11.7 Å². The number of allylic oxidation sites excluding steroid dienone is 1. The summed E-state index contributed by atoms with van der Waals surface area (Å²) in [6.07, 6.45) is 0. The van der Waals surface area contributed by atoms with Crippen molar-refractivity contribution in [2.45, 2.75) is 13.8 Å². The van der Waals surface area contributed by atoms with E-state index in [1.807, 2.05) is 0 Å². The van der Waals surface area contributed by atoms with E-state index in [0.29, 0.717) is 10.4 Å². The van der Waals surface area contributed by atoms with Gasteiger partial charge in [0.1, 0.15) is 5.76 Å². The molecule has 0 aliphatic rings. The smallest absolute Gasteiger partial charge is 0.360 e. The predicted molar refractivity (Wildman–Crippen MR) is 78.8 cm³/mol. The van der Waals surface area contributed by atoms with E-state index in [4.69, 9.17) is 4.74 Å². The fourth-order valence-electron chi connectivity index (χ4n) is 1.94. The number of para-hydroxylation sites is 1. The summed E-state index contributed by atoms with van der Waals surface area (Å²) in [6, 6.07) is 8.21. The van der Waals surface area contributed by atoms with Crippen LogP contribution in [0.25, 0.3) is 11.4 Å². The van der Waals surface area contributed by atoms with E-state index in [2.05, 4.69) is 5.10 Å². The van der Waals surface area contributed by atoms with Gasteiger partial charge < -0.3 is 9.84 Å². The van der Waals surface area contributed by atoms with Gasteiger partial charge in [0, 0.05) is 0 Å². The predicted octanol–water partition coefficient (Wildman–Crippen LogP) is 0.637. The molecule has 0 unspecified atom stereocenters. The van der Waals surface area contributed by atoms with E-state index in [1.54, 1.807) is 37.3 Å². The highest BCUT2D eigenvalue weighted by atomic mass is 16.5. The van der Waals surface area contributed by atoms with Crippen molar-refractivity contribution in [2.75, 3.05) is 6.61 Å². The minimum absolute atomic E-state index is 0.0635. The lowest BCUT2D eigenvalue weighted by atomic mass is 10.3. The molecule has 0 fully saturated rings. The molecule has 0 amide bonds. The number of carbonyl (C=O) groups excluding carboxylic acids is 1. The number of benzene rings is 1. The summed E-state index contributed by atoms with van der Waals surface area (Å²) in [4.78, 5) is 36.2. The van der Waals surface area contributed by atoms with Crippen molar-refractivity contribution in [3.05, 3.63) is 57.1 Å². The number of ether oxygens (including phenoxy) is 1. The minimum atomic E-state index is -0.911. The maximum atomic E-state index is 12.4. The van der Waals surface area contributed by atoms with Crippen molar-refractivity contribution < 1.29 is 14.6 Å². The second-order valence-electron chi connectivity index (χ2n) is 4.36. The monoisotopic (exact) mass is 305 g/mol. The first-order chi connectivity index (χ1) is 10.5. The Labute approximate surface area is 124 Å². The third-order valence-electron chi connectivity index (χ3n) is 2.84. The number of esters is 1. The van der Waals surface area contributed by atoms with Gasteiger partial charge in [-0.05, 0) is 26.0 Å². The molecule has 8 heteroatoms. The number of hydrogen-bond donors (Lipinski definition) is 2. The molecule has 22 heavy (non-hydrogen) atoms. The Hall–Kier alpha value is -3.03. The number of carbonyl (C=O) groups is 1. The van der Waals surface area contributed by atoms with Crippen molar-refractivity contribution in [1.82, 2.24) is 14.3 Å². The average Bonchev–Trinajstić information content (AvgIpc) is 2.75. The van der Waals surface area contributed by atoms with Gasteiger partial charge in [-0.25, -0.2) is 24.0 Å². The second-order valence-corrected chi connectivity index (χ2v) is 4.36. The number of hydrogen-bond acceptors (Lipinski definition) is 5. The Morgan fingerprint density at radius 3 is 2.45 bits per heavy atom. The van der Waals surface area contributed by atoms with Gasteiger partial charge in [0.05, 0.1) is 12.3 Å². The lowest BCUT2D eigenvalue weighted by Gasteiger charge is -2.07. The van der Waals surface area contributed by atoms with Crippen LogP contribution in [-0.2, 0) is 9.53 Å². The molecular weight excluding hydrogens is 290 g/mol. The zero-order chi connectivity index (χ0) is 16.3. The number of aliphatic hydroxyl groups is 1. The molecule has 0 spiro atoms. The highest BCUT2D eigenvalue weighted by Crippen LogP contribution is 2.08. The lowest BCUT2D eigenvalue weighted by molar-refractivity contribution is -0.136. The quantitative estimate of drug-likeness (QED) is 0.490. The molecule has 1 aromatic heterocycles. The Balaban J connectivity index is 2.65. The summed E-state index contributed by atoms with van der Waals surface area (Å²) >= 11 is 0. The summed E-state index contributed by atoms with van der Waals surface area (Å²) in [5.74, 6) is -1.35. The van der Waals surface area contributed by atoms with E-state index >= 15 is 0 Å². The first-order valence-corrected chi connectivity index (χ1v) is 6.54. The third-order valence-corrected chi connectivity index (χ3v) is 2.84. The van der Waals surface area contributed by atoms with Gasteiger partial charge >= 0.3 is 17.3 Å². The number of aromatic amines is 1. The topological polar surface area (TPSA) is 106 Å². The normalized spacial score (nSPS) is 11.9. The van der Waals surface area contributed by atoms with Crippen molar-refractivity contribution in [3.8, 4) is 5.69 Å². The molecule has 0 saturated carbocycles. The molecule has 116 valence electrons. The van der Waals surface area contributed by atoms with Gasteiger partial charge in [-0.2, -0.15) is 4.68 Å². The molecule has 2 N–H and O–H groups in total. The van der Waals surface area contributed by atoms with Crippen LogP contribution in [0.15, 0.2) is 45.7 Å². The number of nitrogens with one attached hydrogen (secondary N) is 1. The standard InChI is InChI=1S/C14H15N3O5/c1-3-22-12(19)11(9(2)18)17-14(21)16(13(20)15-17)10-7-5-4-6-8-10/h4-8,18H,3H2,1-2H3,(H,15,20)/b11-9+. The van der Waals surface area contributed by atoms with Crippen LogP contribution in [0.1, 0.15) is 13.8 Å². The highest BCUT2D eigenvalue weighted by Gasteiger charge is 2.22. The fraction of sp³-hybridized carbons (Fsp3) is 0.214. The van der Waals surface area contributed by atoms with Crippen LogP contribution >= 0.6 is 0 Å². The molecule has 0 bridgehead atoms. The summed E-state index contributed by atoms with van der Waals surface area (Å²) in [6.45, 7) is 2.87. The van der Waals surface area contributed by atoms with Crippen LogP contribution in [0.2, 0.25) is 0 Å². The Bertz CT molecular complexity index is 822. The van der Waals surface area contributed by atoms with Gasteiger partial charge in [-0.15, -0.1) is 0 Å². The van der Waals surface area contributed by atoms with Gasteiger partial charge in [0.15, 0.2) is 5.70 Å². The molecule has 8 nitrogen and oxygen atoms in total. The van der Waals surface area contributed by atoms with E-state index in [1.165, 1.54) is 6.92 Å². The van der Waals surface area contributed by atoms with Crippen LogP contribution in [0.5, 0.6) is 0 Å². The van der Waals surface area contributed by atoms with Crippen LogP contribution in [0.4, 0.5) is 0 Å². The number of aromatic nitrogens is 3. The van der Waals surface area contributed by atoms with E-state index < -0.39 is 28.8 Å². The highest BCUT2D eigenvalue weighted by molar-refractivity contribution is 6.10. The molecule has 0 aliphatic carbocycles. The largest absolute Gasteiger partial charge is 0.510 e. The molecule has 0 radical (unpaired) electrons. The number of H-pyrrole nitrogens is 1. The SMILES string of the molecule is CCOC(=O)/C(=C(/C)O)n1[nH]c(=O)n(-c2ccccc2)c1=O. The maximum Gasteiger partial charge on any atom is 0.360 e. The Morgan fingerprint density at radius 1 is 1.27 bits per heavy atom. The summed E-state index contributed by atoms with van der Waals surface area (Å²) in [5.41, 5.74) is -1.64. The second kappa shape index (κ2) is 6.17. The Kier molecular flexibility index (Phi) is 4.31. The molecule has 0 saturated heterocycles. The van der Waals surface area contributed by atoms with Crippen LogP contribution < -0.4 is 11.4 Å². The van der Waals surface area contributed by atoms with E-state index in [-0.39, 0.29) is 6.61 Å². The van der Waals surface area contributed by atoms with Crippen molar-refractivity contribution in [1.29, 1.82) is 0 Å². The summed E-state index contributed by atoms with van der Waals surface area (Å²) < 4.78 is 6.30. The van der Waals surface area contributed by atoms with Crippen LogP contribution in [-0.4, -0.2) is 32.0 Å². The number of aliphatic hydroxyl groups excluding tert-OH is 1. The van der Waals surface area contributed by atoms with E-state index in [0.717, 1.165) is 4.57 Å². The molecule has 2 aromatic rings.